The van der Waals surface area contributed by atoms with Crippen LogP contribution in [0.3, 0.4) is 0 Å². The van der Waals surface area contributed by atoms with Crippen LogP contribution in [0.25, 0.3) is 0 Å². The molecule has 0 radical (unpaired) electrons. The molecule has 2 rings (SSSR count). The third kappa shape index (κ3) is 2.50. The monoisotopic (exact) mass is 289 g/mol. The number of rotatable bonds is 2. The molecule has 1 heterocycles. The molecule has 4 N–H and O–H groups in total. The van der Waals surface area contributed by atoms with Crippen molar-refractivity contribution in [2.45, 2.75) is 6.04 Å². The van der Waals surface area contributed by atoms with Crippen molar-refractivity contribution in [3.63, 3.8) is 0 Å². The molecule has 18 heavy (non-hydrogen) atoms. The van der Waals surface area contributed by atoms with E-state index in [4.69, 9.17) is 28.9 Å². The SMILES string of the molecule is Nc1c(Cl)cc(C(=O)N[C@@H]2CONC2=O)cc1Cl. The van der Waals surface area contributed by atoms with E-state index in [0.717, 1.165) is 0 Å². The van der Waals surface area contributed by atoms with Crippen molar-refractivity contribution in [2.24, 2.45) is 0 Å². The molecule has 6 nitrogen and oxygen atoms in total. The van der Waals surface area contributed by atoms with Crippen molar-refractivity contribution in [1.82, 2.24) is 10.8 Å². The second kappa shape index (κ2) is 5.01. The molecule has 1 fully saturated rings. The summed E-state index contributed by atoms with van der Waals surface area (Å²) >= 11 is 11.6. The van der Waals surface area contributed by atoms with Gasteiger partial charge in [0, 0.05) is 5.56 Å². The summed E-state index contributed by atoms with van der Waals surface area (Å²) in [4.78, 5) is 27.7. The second-order valence-corrected chi connectivity index (χ2v) is 4.47. The molecule has 0 aliphatic carbocycles. The van der Waals surface area contributed by atoms with E-state index in [-0.39, 0.29) is 27.9 Å². The number of hydrogen-bond donors (Lipinski definition) is 3. The Bertz CT molecular complexity index is 498. The summed E-state index contributed by atoms with van der Waals surface area (Å²) in [5, 5.41) is 2.85. The average Bonchev–Trinajstić information content (AvgIpc) is 2.71. The lowest BCUT2D eigenvalue weighted by Gasteiger charge is -2.10. The van der Waals surface area contributed by atoms with Gasteiger partial charge in [0.2, 0.25) is 0 Å². The van der Waals surface area contributed by atoms with Crippen molar-refractivity contribution in [2.75, 3.05) is 12.3 Å². The van der Waals surface area contributed by atoms with Crippen molar-refractivity contribution in [3.05, 3.63) is 27.7 Å². The topological polar surface area (TPSA) is 93.5 Å². The molecule has 1 aromatic rings. The summed E-state index contributed by atoms with van der Waals surface area (Å²) in [6, 6.07) is 2.03. The van der Waals surface area contributed by atoms with Crippen LogP contribution >= 0.6 is 23.2 Å². The Balaban J connectivity index is 2.16. The Hall–Kier alpha value is -1.50. The summed E-state index contributed by atoms with van der Waals surface area (Å²) in [5.74, 6) is -0.888. The Morgan fingerprint density at radius 1 is 1.44 bits per heavy atom. The van der Waals surface area contributed by atoms with Gasteiger partial charge in [0.05, 0.1) is 15.7 Å². The predicted octanol–water partition coefficient (Wildman–Crippen LogP) is 0.735. The van der Waals surface area contributed by atoms with Gasteiger partial charge < -0.3 is 11.1 Å². The predicted molar refractivity (Wildman–Crippen MR) is 66.2 cm³/mol. The standard InChI is InChI=1S/C10H9Cl2N3O3/c11-5-1-4(2-6(12)8(5)13)9(16)14-7-3-18-15-10(7)17/h1-2,7H,3,13H2,(H,14,16)(H,15,17)/t7-/m1/s1. The number of benzene rings is 1. The third-order valence-corrected chi connectivity index (χ3v) is 3.01. The summed E-state index contributed by atoms with van der Waals surface area (Å²) < 4.78 is 0. The van der Waals surface area contributed by atoms with Gasteiger partial charge in [-0.05, 0) is 12.1 Å². The Morgan fingerprint density at radius 2 is 2.06 bits per heavy atom. The normalized spacial score (nSPS) is 18.6. The van der Waals surface area contributed by atoms with E-state index in [1.54, 1.807) is 0 Å². The maximum absolute atomic E-state index is 11.9. The van der Waals surface area contributed by atoms with Gasteiger partial charge in [0.15, 0.2) is 0 Å². The van der Waals surface area contributed by atoms with Crippen LogP contribution in [0.1, 0.15) is 10.4 Å². The van der Waals surface area contributed by atoms with Crippen LogP contribution < -0.4 is 16.5 Å². The molecule has 0 aromatic heterocycles. The molecule has 0 spiro atoms. The Morgan fingerprint density at radius 3 is 2.56 bits per heavy atom. The minimum atomic E-state index is -0.729. The highest BCUT2D eigenvalue weighted by atomic mass is 35.5. The number of nitrogen functional groups attached to an aromatic ring is 1. The molecule has 0 unspecified atom stereocenters. The zero-order chi connectivity index (χ0) is 13.3. The molecule has 1 saturated heterocycles. The lowest BCUT2D eigenvalue weighted by molar-refractivity contribution is -0.125. The zero-order valence-electron chi connectivity index (χ0n) is 9.00. The average molecular weight is 290 g/mol. The molecule has 0 saturated carbocycles. The van der Waals surface area contributed by atoms with Crippen molar-refractivity contribution < 1.29 is 14.4 Å². The molecular weight excluding hydrogens is 281 g/mol. The van der Waals surface area contributed by atoms with Gasteiger partial charge in [0.1, 0.15) is 12.6 Å². The fraction of sp³-hybridized carbons (Fsp3) is 0.200. The van der Waals surface area contributed by atoms with Gasteiger partial charge in [-0.15, -0.1) is 0 Å². The molecule has 0 bridgehead atoms. The van der Waals surface area contributed by atoms with Crippen molar-refractivity contribution in [3.8, 4) is 0 Å². The molecule has 1 atom stereocenters. The maximum atomic E-state index is 11.9. The lowest BCUT2D eigenvalue weighted by Crippen LogP contribution is -2.41. The van der Waals surface area contributed by atoms with E-state index < -0.39 is 17.9 Å². The summed E-state index contributed by atoms with van der Waals surface area (Å²) in [5.41, 5.74) is 8.12. The highest BCUT2D eigenvalue weighted by Crippen LogP contribution is 2.28. The van der Waals surface area contributed by atoms with Gasteiger partial charge >= 0.3 is 0 Å². The highest BCUT2D eigenvalue weighted by molar-refractivity contribution is 6.39. The molecule has 96 valence electrons. The Labute approximate surface area is 112 Å². The number of hydroxylamine groups is 1. The van der Waals surface area contributed by atoms with Crippen molar-refractivity contribution in [1.29, 1.82) is 0 Å². The quantitative estimate of drug-likeness (QED) is 0.700. The first-order valence-corrected chi connectivity index (χ1v) is 5.71. The van der Waals surface area contributed by atoms with Gasteiger partial charge in [-0.2, -0.15) is 0 Å². The van der Waals surface area contributed by atoms with E-state index >= 15 is 0 Å². The first-order chi connectivity index (χ1) is 8.49. The van der Waals surface area contributed by atoms with Crippen LogP contribution in [0, 0.1) is 0 Å². The number of nitrogens with one attached hydrogen (secondary N) is 2. The van der Waals surface area contributed by atoms with E-state index in [1.807, 2.05) is 0 Å². The first kappa shape index (κ1) is 12.9. The van der Waals surface area contributed by atoms with E-state index in [9.17, 15) is 9.59 Å². The van der Waals surface area contributed by atoms with Crippen LogP contribution in [0.2, 0.25) is 10.0 Å². The van der Waals surface area contributed by atoms with Crippen LogP contribution in [-0.4, -0.2) is 24.5 Å². The molecule has 1 aromatic carbocycles. The highest BCUT2D eigenvalue weighted by Gasteiger charge is 2.27. The number of carbonyl (C=O) groups excluding carboxylic acids is 2. The fourth-order valence-electron chi connectivity index (χ4n) is 1.41. The molecule has 1 aliphatic heterocycles. The fourth-order valence-corrected chi connectivity index (χ4v) is 1.89. The van der Waals surface area contributed by atoms with Gasteiger partial charge in [-0.25, -0.2) is 5.48 Å². The molecule has 8 heteroatoms. The molecular formula is C10H9Cl2N3O3. The number of carbonyl (C=O) groups is 2. The smallest absolute Gasteiger partial charge is 0.268 e. The summed E-state index contributed by atoms with van der Waals surface area (Å²) in [6.45, 7) is 0.0704. The number of halogens is 2. The second-order valence-electron chi connectivity index (χ2n) is 3.66. The number of anilines is 1. The maximum Gasteiger partial charge on any atom is 0.268 e. The molecule has 1 aliphatic rings. The van der Waals surface area contributed by atoms with Gasteiger partial charge in [-0.3, -0.25) is 14.4 Å². The van der Waals surface area contributed by atoms with Crippen LogP contribution in [-0.2, 0) is 9.63 Å². The minimum Gasteiger partial charge on any atom is -0.396 e. The van der Waals surface area contributed by atoms with Gasteiger partial charge in [-0.1, -0.05) is 23.2 Å². The number of amides is 2. The van der Waals surface area contributed by atoms with Crippen LogP contribution in [0.4, 0.5) is 5.69 Å². The largest absolute Gasteiger partial charge is 0.396 e. The zero-order valence-corrected chi connectivity index (χ0v) is 10.5. The number of nitrogens with two attached hydrogens (primary N) is 1. The summed E-state index contributed by atoms with van der Waals surface area (Å²) in [6.07, 6.45) is 0. The Kier molecular flexibility index (Phi) is 3.60. The van der Waals surface area contributed by atoms with E-state index in [1.165, 1.54) is 12.1 Å². The van der Waals surface area contributed by atoms with E-state index in [0.29, 0.717) is 0 Å². The third-order valence-electron chi connectivity index (χ3n) is 2.39. The first-order valence-electron chi connectivity index (χ1n) is 4.96. The van der Waals surface area contributed by atoms with Crippen LogP contribution in [0.5, 0.6) is 0 Å². The lowest BCUT2D eigenvalue weighted by atomic mass is 10.1. The van der Waals surface area contributed by atoms with Gasteiger partial charge in [0.25, 0.3) is 11.8 Å². The molecule has 2 amide bonds. The van der Waals surface area contributed by atoms with Crippen LogP contribution in [0.15, 0.2) is 12.1 Å². The van der Waals surface area contributed by atoms with E-state index in [2.05, 4.69) is 15.6 Å². The van der Waals surface area contributed by atoms with Crippen molar-refractivity contribution >= 4 is 40.7 Å². The minimum absolute atomic E-state index is 0.0704. The summed E-state index contributed by atoms with van der Waals surface area (Å²) in [7, 11) is 0. The number of hydrogen-bond acceptors (Lipinski definition) is 4.